The fourth-order valence-electron chi connectivity index (χ4n) is 0.356. The van der Waals surface area contributed by atoms with E-state index in [-0.39, 0.29) is 0 Å². The van der Waals surface area contributed by atoms with E-state index in [2.05, 4.69) is 8.83 Å². The van der Waals surface area contributed by atoms with Crippen molar-refractivity contribution in [3.05, 3.63) is 0 Å². The van der Waals surface area contributed by atoms with E-state index >= 15 is 0 Å². The minimum absolute atomic E-state index is 0.707. The van der Waals surface area contributed by atoms with E-state index in [1.54, 1.807) is 0 Å². The molecule has 0 amide bonds. The Morgan fingerprint density at radius 3 is 1.79 bits per heavy atom. The first kappa shape index (κ1) is 14.4. The lowest BCUT2D eigenvalue weighted by Crippen LogP contribution is -2.08. The molecule has 0 radical (unpaired) electrons. The molecule has 5 N–H and O–H groups in total. The molecule has 0 aromatic carbocycles. The Morgan fingerprint density at radius 2 is 1.50 bits per heavy atom. The quantitative estimate of drug-likeness (QED) is 0.413. The minimum atomic E-state index is -5.10. The van der Waals surface area contributed by atoms with Crippen LogP contribution in [0.5, 0.6) is 0 Å². The van der Waals surface area contributed by atoms with Crippen molar-refractivity contribution in [2.24, 2.45) is 0 Å². The number of phosphoric acid groups is 1. The van der Waals surface area contributed by atoms with Crippen LogP contribution in [0.15, 0.2) is 0 Å². The maximum absolute atomic E-state index is 10.7. The molecular weight excluding hydrogens is 263 g/mol. The summed E-state index contributed by atoms with van der Waals surface area (Å²) in [5, 5.41) is 0. The molecule has 0 heterocycles. The molecule has 13 heteroatoms. The van der Waals surface area contributed by atoms with Gasteiger partial charge in [-0.15, -0.1) is 4.86 Å². The van der Waals surface area contributed by atoms with Crippen molar-refractivity contribution in [3.8, 4) is 0 Å². The number of rotatable bonds is 5. The van der Waals surface area contributed by atoms with Gasteiger partial charge in [-0.2, -0.15) is 4.31 Å². The summed E-state index contributed by atoms with van der Waals surface area (Å²) in [6.07, 6.45) is 0. The highest BCUT2D eigenvalue weighted by Crippen LogP contribution is 2.60. The summed E-state index contributed by atoms with van der Waals surface area (Å²) in [5.74, 6) is 0. The second-order valence-electron chi connectivity index (χ2n) is 1.90. The standard InChI is InChI=1S/CH8NO9P3/c1-10-14(8,9)11-13(6,7)2-12(3,4)5/h1H3,(H,8,9)(H4,2,3,4,5,6,7). The van der Waals surface area contributed by atoms with Crippen molar-refractivity contribution >= 4 is 23.3 Å². The van der Waals surface area contributed by atoms with Gasteiger partial charge in [0.25, 0.3) is 0 Å². The molecule has 0 rings (SSSR count). The lowest BCUT2D eigenvalue weighted by molar-refractivity contribution is 0.228. The number of nitrogens with one attached hydrogen (secondary N) is 1. The average molecular weight is 271 g/mol. The van der Waals surface area contributed by atoms with Gasteiger partial charge in [-0.05, 0) is 0 Å². The lowest BCUT2D eigenvalue weighted by Gasteiger charge is -2.15. The summed E-state index contributed by atoms with van der Waals surface area (Å²) < 4.78 is 38.8. The van der Waals surface area contributed by atoms with Crippen molar-refractivity contribution in [2.75, 3.05) is 7.11 Å². The van der Waals surface area contributed by atoms with Crippen LogP contribution in [0.25, 0.3) is 0 Å². The smallest absolute Gasteiger partial charge is 0.312 e. The highest BCUT2D eigenvalue weighted by molar-refractivity contribution is 7.70. The second kappa shape index (κ2) is 4.51. The molecule has 0 aliphatic heterocycles. The van der Waals surface area contributed by atoms with E-state index in [9.17, 15) is 13.7 Å². The van der Waals surface area contributed by atoms with Crippen LogP contribution >= 0.6 is 23.3 Å². The third-order valence-electron chi connectivity index (χ3n) is 0.701. The normalized spacial score (nSPS) is 21.2. The number of phosphoric ester groups is 1. The van der Waals surface area contributed by atoms with Crippen LogP contribution < -0.4 is 4.86 Å². The molecule has 0 saturated heterocycles. The minimum Gasteiger partial charge on any atom is -0.312 e. The van der Waals surface area contributed by atoms with E-state index in [0.717, 1.165) is 4.86 Å². The van der Waals surface area contributed by atoms with E-state index in [1.165, 1.54) is 0 Å². The van der Waals surface area contributed by atoms with Crippen LogP contribution in [0, 0.1) is 0 Å². The van der Waals surface area contributed by atoms with Crippen LogP contribution in [-0.2, 0) is 22.5 Å². The van der Waals surface area contributed by atoms with Crippen molar-refractivity contribution < 1.29 is 42.1 Å². The Bertz CT molecular complexity index is 329. The molecule has 0 saturated carbocycles. The van der Waals surface area contributed by atoms with Gasteiger partial charge in [0.2, 0.25) is 0 Å². The predicted octanol–water partition coefficient (Wildman–Crippen LogP) is -0.468. The molecule has 0 aliphatic carbocycles. The lowest BCUT2D eigenvalue weighted by atomic mass is 11.8. The summed E-state index contributed by atoms with van der Waals surface area (Å²) in [4.78, 5) is 34.4. The maximum atomic E-state index is 10.7. The molecule has 0 bridgehead atoms. The third kappa shape index (κ3) is 6.80. The largest absolute Gasteiger partial charge is 0.480 e. The molecule has 0 aliphatic rings. The third-order valence-corrected chi connectivity index (χ3v) is 4.93. The van der Waals surface area contributed by atoms with Gasteiger partial charge in [-0.25, -0.2) is 13.7 Å². The molecule has 2 unspecified atom stereocenters. The zero-order valence-electron chi connectivity index (χ0n) is 6.67. The molecule has 14 heavy (non-hydrogen) atoms. The van der Waals surface area contributed by atoms with Crippen molar-refractivity contribution in [1.82, 2.24) is 4.86 Å². The first-order valence-corrected chi connectivity index (χ1v) is 7.44. The Labute approximate surface area is 78.3 Å². The van der Waals surface area contributed by atoms with Crippen molar-refractivity contribution in [1.29, 1.82) is 0 Å². The fraction of sp³-hybridized carbons (Fsp3) is 1.00. The maximum Gasteiger partial charge on any atom is 0.480 e. The predicted molar refractivity (Wildman–Crippen MR) is 42.9 cm³/mol. The SMILES string of the molecule is COP(=O)(O)OP(=O)(O)NP(=O)(O)O. The van der Waals surface area contributed by atoms with Gasteiger partial charge in [0, 0.05) is 7.11 Å². The van der Waals surface area contributed by atoms with Gasteiger partial charge in [-0.1, -0.05) is 0 Å². The second-order valence-corrected chi connectivity index (χ2v) is 6.78. The fourth-order valence-corrected chi connectivity index (χ4v) is 3.53. The summed E-state index contributed by atoms with van der Waals surface area (Å²) in [6.45, 7) is 0. The topological polar surface area (TPSA) is 163 Å². The van der Waals surface area contributed by atoms with E-state index in [0.29, 0.717) is 7.11 Å². The zero-order valence-corrected chi connectivity index (χ0v) is 9.36. The van der Waals surface area contributed by atoms with Gasteiger partial charge in [0.05, 0.1) is 0 Å². The Morgan fingerprint density at radius 1 is 1.07 bits per heavy atom. The molecule has 0 spiro atoms. The van der Waals surface area contributed by atoms with Crippen molar-refractivity contribution in [3.63, 3.8) is 0 Å². The van der Waals surface area contributed by atoms with E-state index < -0.39 is 23.3 Å². The van der Waals surface area contributed by atoms with Gasteiger partial charge < -0.3 is 19.6 Å². The molecule has 0 aromatic heterocycles. The molecule has 86 valence electrons. The monoisotopic (exact) mass is 271 g/mol. The first-order chi connectivity index (χ1) is 5.97. The van der Waals surface area contributed by atoms with Crippen LogP contribution in [0.4, 0.5) is 0 Å². The van der Waals surface area contributed by atoms with Gasteiger partial charge in [0.1, 0.15) is 0 Å². The summed E-state index contributed by atoms with van der Waals surface area (Å²) in [7, 11) is -14.3. The Balaban J connectivity index is 4.60. The van der Waals surface area contributed by atoms with Gasteiger partial charge in [0.15, 0.2) is 0 Å². The van der Waals surface area contributed by atoms with Crippen LogP contribution in [0.2, 0.25) is 0 Å². The van der Waals surface area contributed by atoms with Crippen LogP contribution in [0.3, 0.4) is 0 Å². The molecule has 0 fully saturated rings. The molecular formula is CH8NO9P3. The van der Waals surface area contributed by atoms with E-state index in [1.807, 2.05) is 0 Å². The number of hydrogen-bond donors (Lipinski definition) is 5. The summed E-state index contributed by atoms with van der Waals surface area (Å²) in [5.41, 5.74) is 0. The molecule has 10 nitrogen and oxygen atoms in total. The van der Waals surface area contributed by atoms with Crippen LogP contribution in [-0.4, -0.2) is 26.7 Å². The summed E-state index contributed by atoms with van der Waals surface area (Å²) >= 11 is 0. The van der Waals surface area contributed by atoms with E-state index in [4.69, 9.17) is 19.6 Å². The Kier molecular flexibility index (Phi) is 4.64. The highest BCUT2D eigenvalue weighted by atomic mass is 31.3. The average Bonchev–Trinajstić information content (AvgIpc) is 1.78. The van der Waals surface area contributed by atoms with Gasteiger partial charge >= 0.3 is 23.3 Å². The first-order valence-electron chi connectivity index (χ1n) is 2.75. The van der Waals surface area contributed by atoms with Crippen LogP contribution in [0.1, 0.15) is 0 Å². The van der Waals surface area contributed by atoms with Gasteiger partial charge in [-0.3, -0.25) is 4.52 Å². The number of hydrogen-bond acceptors (Lipinski definition) is 5. The molecule has 0 aromatic rings. The Hall–Kier alpha value is 0.410. The van der Waals surface area contributed by atoms with Crippen molar-refractivity contribution in [2.45, 2.75) is 0 Å². The highest BCUT2D eigenvalue weighted by Gasteiger charge is 2.37. The zero-order chi connectivity index (χ0) is 11.6. The summed E-state index contributed by atoms with van der Waals surface area (Å²) in [6, 6.07) is 0. The molecule has 2 atom stereocenters.